The van der Waals surface area contributed by atoms with E-state index in [9.17, 15) is 14.4 Å². The summed E-state index contributed by atoms with van der Waals surface area (Å²) in [5.41, 5.74) is 8.07. The van der Waals surface area contributed by atoms with E-state index in [0.29, 0.717) is 49.3 Å². The van der Waals surface area contributed by atoms with Crippen molar-refractivity contribution in [3.8, 4) is 0 Å². The topological polar surface area (TPSA) is 149 Å². The van der Waals surface area contributed by atoms with Gasteiger partial charge in [-0.25, -0.2) is 4.79 Å². The van der Waals surface area contributed by atoms with Crippen LogP contribution < -0.4 is 20.9 Å². The van der Waals surface area contributed by atoms with Crippen molar-refractivity contribution in [1.82, 2.24) is 5.32 Å². The number of benzene rings is 2. The number of nitrogen functional groups attached to an aromatic ring is 1. The van der Waals surface area contributed by atoms with E-state index in [1.54, 1.807) is 24.3 Å². The van der Waals surface area contributed by atoms with Gasteiger partial charge in [-0.2, -0.15) is 0 Å². The molecule has 0 bridgehead atoms. The number of amides is 2. The molecule has 2 aromatic rings. The largest absolute Gasteiger partial charge is 0.481 e. The second-order valence-electron chi connectivity index (χ2n) is 8.43. The molecule has 5 N–H and O–H groups in total. The number of nitrogens with one attached hydrogen (secondary N) is 2. The van der Waals surface area contributed by atoms with Crippen LogP contribution in [0.3, 0.4) is 0 Å². The molecule has 0 unspecified atom stereocenters. The van der Waals surface area contributed by atoms with E-state index >= 15 is 0 Å². The van der Waals surface area contributed by atoms with Crippen molar-refractivity contribution in [2.24, 2.45) is 11.7 Å². The summed E-state index contributed by atoms with van der Waals surface area (Å²) in [4.78, 5) is 39.6. The van der Waals surface area contributed by atoms with Gasteiger partial charge in [-0.15, -0.1) is 0 Å². The minimum atomic E-state index is -0.737. The van der Waals surface area contributed by atoms with Crippen LogP contribution in [0.25, 0.3) is 0 Å². The van der Waals surface area contributed by atoms with Gasteiger partial charge in [0.1, 0.15) is 11.9 Å². The summed E-state index contributed by atoms with van der Waals surface area (Å²) in [7, 11) is 0. The van der Waals surface area contributed by atoms with Crippen molar-refractivity contribution in [2.45, 2.75) is 18.9 Å². The fourth-order valence-corrected chi connectivity index (χ4v) is 4.18. The summed E-state index contributed by atoms with van der Waals surface area (Å²) in [5.74, 6) is -1.40. The SMILES string of the molecule is N=C(N)c1ccc(C(=O)NC[C@@H]2CN(c3ccc(N4CCC(C(=O)O)CC4)cc3)C(=O)O2)cc1. The van der Waals surface area contributed by atoms with Crippen molar-refractivity contribution in [2.75, 3.05) is 36.0 Å². The van der Waals surface area contributed by atoms with E-state index < -0.39 is 18.2 Å². The van der Waals surface area contributed by atoms with Crippen molar-refractivity contribution in [1.29, 1.82) is 5.41 Å². The normalized spacial score (nSPS) is 18.5. The summed E-state index contributed by atoms with van der Waals surface area (Å²) < 4.78 is 5.41. The molecular formula is C24H27N5O5. The number of anilines is 2. The smallest absolute Gasteiger partial charge is 0.414 e. The van der Waals surface area contributed by atoms with Gasteiger partial charge in [0.25, 0.3) is 5.91 Å². The van der Waals surface area contributed by atoms with Crippen LogP contribution in [-0.2, 0) is 9.53 Å². The summed E-state index contributed by atoms with van der Waals surface area (Å²) in [6.07, 6.45) is 0.274. The number of carboxylic acid groups (broad SMARTS) is 1. The molecule has 0 aliphatic carbocycles. The first kappa shape index (κ1) is 23.1. The summed E-state index contributed by atoms with van der Waals surface area (Å²) in [6, 6.07) is 13.9. The van der Waals surface area contributed by atoms with Crippen molar-refractivity contribution in [3.05, 3.63) is 59.7 Å². The van der Waals surface area contributed by atoms with E-state index in [-0.39, 0.29) is 24.2 Å². The quantitative estimate of drug-likeness (QED) is 0.361. The Kier molecular flexibility index (Phi) is 6.67. The van der Waals surface area contributed by atoms with Gasteiger partial charge in [0, 0.05) is 35.6 Å². The number of nitrogens with zero attached hydrogens (tertiary/aromatic N) is 2. The number of piperidine rings is 1. The van der Waals surface area contributed by atoms with Crippen LogP contribution in [0.4, 0.5) is 16.2 Å². The zero-order chi connectivity index (χ0) is 24.2. The lowest BCUT2D eigenvalue weighted by Crippen LogP contribution is -2.36. The first-order chi connectivity index (χ1) is 16.3. The molecule has 2 fully saturated rings. The number of nitrogens with two attached hydrogens (primary N) is 1. The van der Waals surface area contributed by atoms with Gasteiger partial charge in [-0.3, -0.25) is 19.9 Å². The van der Waals surface area contributed by atoms with Crippen LogP contribution in [0.1, 0.15) is 28.8 Å². The molecule has 10 heteroatoms. The molecule has 178 valence electrons. The van der Waals surface area contributed by atoms with E-state index in [4.69, 9.17) is 21.0 Å². The van der Waals surface area contributed by atoms with Crippen molar-refractivity contribution < 1.29 is 24.2 Å². The maximum atomic E-state index is 12.4. The van der Waals surface area contributed by atoms with Crippen molar-refractivity contribution >= 4 is 35.2 Å². The number of cyclic esters (lactones) is 1. The molecule has 0 saturated carbocycles. The van der Waals surface area contributed by atoms with Gasteiger partial charge < -0.3 is 25.8 Å². The van der Waals surface area contributed by atoms with Crippen LogP contribution in [-0.4, -0.2) is 61.2 Å². The number of carbonyl (C=O) groups excluding carboxylic acids is 2. The summed E-state index contributed by atoms with van der Waals surface area (Å²) >= 11 is 0. The molecular weight excluding hydrogens is 438 g/mol. The Balaban J connectivity index is 1.30. The van der Waals surface area contributed by atoms with Gasteiger partial charge in [0.15, 0.2) is 0 Å². The number of carbonyl (C=O) groups is 3. The minimum absolute atomic E-state index is 0.0688. The Morgan fingerprint density at radius 3 is 2.21 bits per heavy atom. The number of aliphatic carboxylic acids is 1. The number of rotatable bonds is 7. The van der Waals surface area contributed by atoms with E-state index in [2.05, 4.69) is 10.2 Å². The predicted molar refractivity (Wildman–Crippen MR) is 126 cm³/mol. The summed E-state index contributed by atoms with van der Waals surface area (Å²) in [5, 5.41) is 19.3. The maximum absolute atomic E-state index is 12.4. The molecule has 0 radical (unpaired) electrons. The van der Waals surface area contributed by atoms with Gasteiger partial charge in [0.05, 0.1) is 19.0 Å². The third-order valence-corrected chi connectivity index (χ3v) is 6.19. The number of hydrogen-bond acceptors (Lipinski definition) is 6. The molecule has 2 aliphatic rings. The van der Waals surface area contributed by atoms with Crippen LogP contribution in [0, 0.1) is 11.3 Å². The Hall–Kier alpha value is -4.08. The molecule has 10 nitrogen and oxygen atoms in total. The third-order valence-electron chi connectivity index (χ3n) is 6.19. The zero-order valence-electron chi connectivity index (χ0n) is 18.6. The molecule has 0 aromatic heterocycles. The maximum Gasteiger partial charge on any atom is 0.414 e. The second kappa shape index (κ2) is 9.82. The molecule has 2 aliphatic heterocycles. The number of carboxylic acids is 1. The minimum Gasteiger partial charge on any atom is -0.481 e. The molecule has 0 spiro atoms. The average Bonchev–Trinajstić information content (AvgIpc) is 3.23. The Morgan fingerprint density at radius 2 is 1.62 bits per heavy atom. The van der Waals surface area contributed by atoms with Gasteiger partial charge >= 0.3 is 12.1 Å². The van der Waals surface area contributed by atoms with Gasteiger partial charge in [-0.05, 0) is 49.2 Å². The molecule has 1 atom stereocenters. The fourth-order valence-electron chi connectivity index (χ4n) is 4.18. The molecule has 2 heterocycles. The predicted octanol–water partition coefficient (Wildman–Crippen LogP) is 2.03. The third kappa shape index (κ3) is 5.11. The highest BCUT2D eigenvalue weighted by molar-refractivity contribution is 5.98. The lowest BCUT2D eigenvalue weighted by molar-refractivity contribution is -0.142. The van der Waals surface area contributed by atoms with E-state index in [1.165, 1.54) is 4.90 Å². The summed E-state index contributed by atoms with van der Waals surface area (Å²) in [6.45, 7) is 1.85. The Bertz CT molecular complexity index is 1080. The monoisotopic (exact) mass is 465 g/mol. The average molecular weight is 466 g/mol. The Labute approximate surface area is 196 Å². The highest BCUT2D eigenvalue weighted by Gasteiger charge is 2.33. The Morgan fingerprint density at radius 1 is 1.03 bits per heavy atom. The van der Waals surface area contributed by atoms with Gasteiger partial charge in [-0.1, -0.05) is 12.1 Å². The number of hydrogen-bond donors (Lipinski definition) is 4. The number of ether oxygens (including phenoxy) is 1. The lowest BCUT2D eigenvalue weighted by Gasteiger charge is -2.32. The first-order valence-electron chi connectivity index (χ1n) is 11.1. The van der Waals surface area contributed by atoms with Crippen molar-refractivity contribution in [3.63, 3.8) is 0 Å². The van der Waals surface area contributed by atoms with Gasteiger partial charge in [0.2, 0.25) is 0 Å². The molecule has 2 aromatic carbocycles. The molecule has 2 amide bonds. The number of amidine groups is 1. The van der Waals surface area contributed by atoms with Crippen LogP contribution >= 0.6 is 0 Å². The molecule has 2 saturated heterocycles. The standard InChI is InChI=1S/C24H27N5O5/c25-21(26)15-1-3-16(4-2-15)22(30)27-13-20-14-29(24(33)34-20)19-7-5-18(6-8-19)28-11-9-17(10-12-28)23(31)32/h1-8,17,20H,9-14H2,(H3,25,26)(H,27,30)(H,31,32)/t20-/m1/s1. The van der Waals surface area contributed by atoms with Crippen LogP contribution in [0.5, 0.6) is 0 Å². The highest BCUT2D eigenvalue weighted by Crippen LogP contribution is 2.27. The lowest BCUT2D eigenvalue weighted by atomic mass is 9.97. The van der Waals surface area contributed by atoms with E-state index in [0.717, 1.165) is 5.69 Å². The molecule has 4 rings (SSSR count). The van der Waals surface area contributed by atoms with E-state index in [1.807, 2.05) is 24.3 Å². The second-order valence-corrected chi connectivity index (χ2v) is 8.43. The zero-order valence-corrected chi connectivity index (χ0v) is 18.6. The van der Waals surface area contributed by atoms with Crippen LogP contribution in [0.2, 0.25) is 0 Å². The van der Waals surface area contributed by atoms with Crippen LogP contribution in [0.15, 0.2) is 48.5 Å². The fraction of sp³-hybridized carbons (Fsp3) is 0.333. The molecule has 34 heavy (non-hydrogen) atoms. The highest BCUT2D eigenvalue weighted by atomic mass is 16.6. The first-order valence-corrected chi connectivity index (χ1v) is 11.1.